The molecule has 5 rings (SSSR count). The zero-order chi connectivity index (χ0) is 20.5. The van der Waals surface area contributed by atoms with Crippen molar-refractivity contribution in [2.75, 3.05) is 0 Å². The van der Waals surface area contributed by atoms with Crippen LogP contribution in [0.2, 0.25) is 0 Å². The summed E-state index contributed by atoms with van der Waals surface area (Å²) in [6.07, 6.45) is 4.56. The van der Waals surface area contributed by atoms with Crippen molar-refractivity contribution in [2.24, 2.45) is 10.2 Å². The summed E-state index contributed by atoms with van der Waals surface area (Å²) in [5, 5.41) is 33.9. The molecule has 11 nitrogen and oxygen atoms in total. The van der Waals surface area contributed by atoms with Crippen LogP contribution in [0.25, 0.3) is 23.0 Å². The van der Waals surface area contributed by atoms with E-state index in [1.165, 1.54) is 10.9 Å². The van der Waals surface area contributed by atoms with Crippen LogP contribution in [-0.2, 0) is 0 Å². The molecule has 144 valence electrons. The molecule has 0 radical (unpaired) electrons. The van der Waals surface area contributed by atoms with Gasteiger partial charge in [0, 0.05) is 18.0 Å². The smallest absolute Gasteiger partial charge is 0.252 e. The Bertz CT molecular complexity index is 1400. The van der Waals surface area contributed by atoms with Crippen molar-refractivity contribution in [1.82, 2.24) is 39.6 Å². The van der Waals surface area contributed by atoms with Gasteiger partial charge in [0.15, 0.2) is 17.3 Å². The molecular formula is C19H13N11. The fourth-order valence-electron chi connectivity index (χ4n) is 2.99. The largest absolute Gasteiger partial charge is 0.293 e. The third-order valence-corrected chi connectivity index (χ3v) is 4.39. The summed E-state index contributed by atoms with van der Waals surface area (Å²) in [5.41, 5.74) is 2.95. The monoisotopic (exact) mass is 395 g/mol. The second kappa shape index (κ2) is 7.02. The van der Waals surface area contributed by atoms with Gasteiger partial charge in [-0.25, -0.2) is 14.5 Å². The number of nitrogens with one attached hydrogen (secondary N) is 1. The number of azo groups is 1. The number of aromatic amines is 1. The summed E-state index contributed by atoms with van der Waals surface area (Å²) in [5.74, 6) is 1.18. The highest BCUT2D eigenvalue weighted by molar-refractivity contribution is 5.70. The van der Waals surface area contributed by atoms with E-state index in [0.717, 1.165) is 11.3 Å². The maximum Gasteiger partial charge on any atom is 0.252 e. The molecule has 30 heavy (non-hydrogen) atoms. The first-order valence-electron chi connectivity index (χ1n) is 8.92. The molecule has 0 aliphatic heterocycles. The zero-order valence-electron chi connectivity index (χ0n) is 15.7. The summed E-state index contributed by atoms with van der Waals surface area (Å²) >= 11 is 0. The summed E-state index contributed by atoms with van der Waals surface area (Å²) < 4.78 is 3.11. The Morgan fingerprint density at radius 1 is 1.03 bits per heavy atom. The van der Waals surface area contributed by atoms with Crippen molar-refractivity contribution >= 4 is 17.2 Å². The van der Waals surface area contributed by atoms with Crippen molar-refractivity contribution in [3.8, 4) is 23.4 Å². The highest BCUT2D eigenvalue weighted by atomic mass is 15.4. The molecule has 0 spiro atoms. The lowest BCUT2D eigenvalue weighted by Gasteiger charge is -2.00. The van der Waals surface area contributed by atoms with Gasteiger partial charge in [-0.15, -0.1) is 20.4 Å². The number of nitrogens with zero attached hydrogens (tertiary/aromatic N) is 10. The van der Waals surface area contributed by atoms with Crippen LogP contribution in [0.3, 0.4) is 0 Å². The molecule has 4 heterocycles. The van der Waals surface area contributed by atoms with Gasteiger partial charge in [0.1, 0.15) is 11.6 Å². The molecule has 0 saturated heterocycles. The zero-order valence-corrected chi connectivity index (χ0v) is 15.7. The van der Waals surface area contributed by atoms with E-state index in [2.05, 4.69) is 46.7 Å². The van der Waals surface area contributed by atoms with E-state index in [9.17, 15) is 5.26 Å². The average Bonchev–Trinajstić information content (AvgIpc) is 3.47. The Morgan fingerprint density at radius 2 is 1.83 bits per heavy atom. The fourth-order valence-corrected chi connectivity index (χ4v) is 2.99. The van der Waals surface area contributed by atoms with Gasteiger partial charge >= 0.3 is 0 Å². The van der Waals surface area contributed by atoms with Gasteiger partial charge in [-0.1, -0.05) is 30.3 Å². The number of aromatic nitrogens is 8. The Labute approximate surface area is 169 Å². The molecule has 11 heteroatoms. The summed E-state index contributed by atoms with van der Waals surface area (Å²) in [6, 6.07) is 13.5. The van der Waals surface area contributed by atoms with Crippen molar-refractivity contribution in [1.29, 1.82) is 5.26 Å². The van der Waals surface area contributed by atoms with Crippen LogP contribution < -0.4 is 0 Å². The normalized spacial score (nSPS) is 11.3. The van der Waals surface area contributed by atoms with Gasteiger partial charge in [-0.2, -0.15) is 15.0 Å². The Morgan fingerprint density at radius 3 is 2.60 bits per heavy atom. The van der Waals surface area contributed by atoms with E-state index in [1.54, 1.807) is 23.0 Å². The first-order chi connectivity index (χ1) is 14.8. The summed E-state index contributed by atoms with van der Waals surface area (Å²) in [4.78, 5) is 8.30. The lowest BCUT2D eigenvalue weighted by molar-refractivity contribution is 0.803. The SMILES string of the molecule is Cc1[nH]n2c(-c3ccccc3)nnc2c1N=Nc1c(C#N)cnn1-c1ncccn1. The number of rotatable bonds is 4. The maximum absolute atomic E-state index is 9.41. The number of hydrogen-bond donors (Lipinski definition) is 1. The first-order valence-corrected chi connectivity index (χ1v) is 8.92. The predicted octanol–water partition coefficient (Wildman–Crippen LogP) is 3.30. The average molecular weight is 395 g/mol. The van der Waals surface area contributed by atoms with Crippen LogP contribution in [0.15, 0.2) is 65.2 Å². The molecule has 0 atom stereocenters. The lowest BCUT2D eigenvalue weighted by atomic mass is 10.2. The molecule has 0 bridgehead atoms. The fraction of sp³-hybridized carbons (Fsp3) is 0.0526. The van der Waals surface area contributed by atoms with E-state index in [-0.39, 0.29) is 17.3 Å². The molecule has 0 amide bonds. The number of hydrogen-bond acceptors (Lipinski definition) is 8. The number of benzene rings is 1. The number of aryl methyl sites for hydroxylation is 1. The van der Waals surface area contributed by atoms with Gasteiger partial charge in [-0.3, -0.25) is 5.10 Å². The molecule has 1 N–H and O–H groups in total. The van der Waals surface area contributed by atoms with Crippen LogP contribution in [-0.4, -0.2) is 39.6 Å². The third-order valence-electron chi connectivity index (χ3n) is 4.39. The van der Waals surface area contributed by atoms with Crippen molar-refractivity contribution in [3.05, 3.63) is 66.2 Å². The minimum absolute atomic E-state index is 0.227. The minimum atomic E-state index is 0.227. The van der Waals surface area contributed by atoms with Gasteiger partial charge in [0.25, 0.3) is 5.95 Å². The summed E-state index contributed by atoms with van der Waals surface area (Å²) in [7, 11) is 0. The van der Waals surface area contributed by atoms with Crippen molar-refractivity contribution in [2.45, 2.75) is 6.92 Å². The third kappa shape index (κ3) is 2.80. The number of nitriles is 1. The molecule has 5 aromatic rings. The van der Waals surface area contributed by atoms with E-state index in [1.807, 2.05) is 37.3 Å². The Hall–Kier alpha value is -4.72. The summed E-state index contributed by atoms with van der Waals surface area (Å²) in [6.45, 7) is 1.86. The maximum atomic E-state index is 9.41. The molecular weight excluding hydrogens is 382 g/mol. The van der Waals surface area contributed by atoms with Crippen LogP contribution in [0.1, 0.15) is 11.3 Å². The number of fused-ring (bicyclic) bond motifs is 1. The molecule has 4 aromatic heterocycles. The van der Waals surface area contributed by atoms with E-state index >= 15 is 0 Å². The van der Waals surface area contributed by atoms with Gasteiger partial charge in [0.05, 0.1) is 11.9 Å². The van der Waals surface area contributed by atoms with Crippen LogP contribution in [0.5, 0.6) is 0 Å². The second-order valence-corrected chi connectivity index (χ2v) is 6.29. The molecule has 0 unspecified atom stereocenters. The quantitative estimate of drug-likeness (QED) is 0.463. The van der Waals surface area contributed by atoms with Crippen LogP contribution in [0.4, 0.5) is 11.5 Å². The molecule has 0 aliphatic rings. The van der Waals surface area contributed by atoms with Crippen molar-refractivity contribution < 1.29 is 0 Å². The molecule has 0 saturated carbocycles. The van der Waals surface area contributed by atoms with Gasteiger partial charge < -0.3 is 0 Å². The van der Waals surface area contributed by atoms with Crippen molar-refractivity contribution in [3.63, 3.8) is 0 Å². The minimum Gasteiger partial charge on any atom is -0.293 e. The second-order valence-electron chi connectivity index (χ2n) is 6.29. The predicted molar refractivity (Wildman–Crippen MR) is 106 cm³/mol. The van der Waals surface area contributed by atoms with Gasteiger partial charge in [-0.05, 0) is 13.0 Å². The highest BCUT2D eigenvalue weighted by Crippen LogP contribution is 2.30. The molecule has 1 aromatic carbocycles. The lowest BCUT2D eigenvalue weighted by Crippen LogP contribution is -2.01. The molecule has 0 aliphatic carbocycles. The standard InChI is InChI=1S/C19H13N11/c1-12-15(18-27-26-16(29(18)28-12)13-6-3-2-4-7-13)24-25-17-14(10-20)11-23-30(17)19-21-8-5-9-22-19/h2-9,11,28H,1H3. The van der Waals surface area contributed by atoms with Gasteiger partial charge in [0.2, 0.25) is 5.65 Å². The Balaban J connectivity index is 1.59. The van der Waals surface area contributed by atoms with E-state index in [0.29, 0.717) is 17.2 Å². The topological polar surface area (TPSA) is 138 Å². The van der Waals surface area contributed by atoms with E-state index < -0.39 is 0 Å². The Kier molecular flexibility index (Phi) is 4.07. The highest BCUT2D eigenvalue weighted by Gasteiger charge is 2.18. The van der Waals surface area contributed by atoms with Crippen LogP contribution >= 0.6 is 0 Å². The first kappa shape index (κ1) is 17.4. The number of H-pyrrole nitrogens is 1. The van der Waals surface area contributed by atoms with E-state index in [4.69, 9.17) is 0 Å². The van der Waals surface area contributed by atoms with Crippen LogP contribution in [0, 0.1) is 18.3 Å². The molecule has 0 fully saturated rings.